The number of carbonyl (C=O) groups is 1. The fraction of sp³-hybridized carbons (Fsp3) is 0.621. The molecule has 188 valence electrons. The zero-order valence-corrected chi connectivity index (χ0v) is 22.2. The Labute approximate surface area is 210 Å². The molecule has 0 bridgehead atoms. The van der Waals surface area contributed by atoms with E-state index in [2.05, 4.69) is 69.6 Å². The molecule has 0 aliphatic heterocycles. The van der Waals surface area contributed by atoms with Crippen LogP contribution >= 0.6 is 0 Å². The van der Waals surface area contributed by atoms with Crippen LogP contribution in [0.4, 0.5) is 0 Å². The maximum absolute atomic E-state index is 12.0. The average molecular weight is 478 g/mol. The van der Waals surface area contributed by atoms with Gasteiger partial charge < -0.3 is 21.6 Å². The number of quaternary nitrogens is 1. The molecule has 1 aromatic carbocycles. The number of hydrogen-bond acceptors (Lipinski definition) is 2. The molecule has 0 radical (unpaired) electrons. The molecule has 0 aliphatic carbocycles. The van der Waals surface area contributed by atoms with Crippen molar-refractivity contribution in [3.8, 4) is 0 Å². The summed E-state index contributed by atoms with van der Waals surface area (Å²) in [5.74, 6) is -0.0459. The lowest BCUT2D eigenvalue weighted by Crippen LogP contribution is -3.00. The van der Waals surface area contributed by atoms with Crippen molar-refractivity contribution in [1.82, 2.24) is 0 Å². The molecule has 1 rings (SSSR count). The van der Waals surface area contributed by atoms with E-state index in [1.165, 1.54) is 56.9 Å². The van der Waals surface area contributed by atoms with Gasteiger partial charge in [0, 0.05) is 12.0 Å². The molecule has 33 heavy (non-hydrogen) atoms. The summed E-state index contributed by atoms with van der Waals surface area (Å²) in [5.41, 5.74) is 1.31. The minimum absolute atomic E-state index is 0. The predicted octanol–water partition coefficient (Wildman–Crippen LogP) is 4.62. The van der Waals surface area contributed by atoms with Crippen LogP contribution < -0.4 is 12.4 Å². The summed E-state index contributed by atoms with van der Waals surface area (Å²) >= 11 is 0. The van der Waals surface area contributed by atoms with Gasteiger partial charge in [-0.05, 0) is 38.5 Å². The van der Waals surface area contributed by atoms with Gasteiger partial charge in [0.1, 0.15) is 19.7 Å². The summed E-state index contributed by atoms with van der Waals surface area (Å²) < 4.78 is 6.29. The first-order valence-corrected chi connectivity index (χ1v) is 12.8. The first kappa shape index (κ1) is 31.4. The Kier molecular flexibility index (Phi) is 20.0. The minimum Gasteiger partial charge on any atom is -1.00 e. The summed E-state index contributed by atoms with van der Waals surface area (Å²) in [6, 6.07) is 10.5. The second kappa shape index (κ2) is 21.0. The summed E-state index contributed by atoms with van der Waals surface area (Å²) in [6.45, 7) is 4.53. The lowest BCUT2D eigenvalue weighted by atomic mass is 10.1. The Hall–Kier alpha value is -1.58. The van der Waals surface area contributed by atoms with Crippen LogP contribution in [0.1, 0.15) is 89.5 Å². The molecule has 0 fully saturated rings. The third-order valence-corrected chi connectivity index (χ3v) is 5.74. The Morgan fingerprint density at radius 2 is 1.45 bits per heavy atom. The topological polar surface area (TPSA) is 26.3 Å². The van der Waals surface area contributed by atoms with Gasteiger partial charge in [0.2, 0.25) is 0 Å². The fourth-order valence-corrected chi connectivity index (χ4v) is 3.72. The SMILES string of the molecule is CCCCC/C=C\C/C=C\CCCCCCCC(=O)OCC[N+](C)(C)Cc1ccccc1.[Cl-]. The number of hydrogen-bond donors (Lipinski definition) is 0. The van der Waals surface area contributed by atoms with Gasteiger partial charge in [-0.1, -0.05) is 93.7 Å². The van der Waals surface area contributed by atoms with E-state index in [4.69, 9.17) is 4.74 Å². The van der Waals surface area contributed by atoms with Crippen LogP contribution in [0.15, 0.2) is 54.6 Å². The van der Waals surface area contributed by atoms with Gasteiger partial charge in [0.05, 0.1) is 14.1 Å². The number of ether oxygens (including phenoxy) is 1. The molecule has 1 aromatic rings. The summed E-state index contributed by atoms with van der Waals surface area (Å²) in [6.07, 6.45) is 22.9. The third-order valence-electron chi connectivity index (χ3n) is 5.74. The van der Waals surface area contributed by atoms with E-state index in [-0.39, 0.29) is 18.4 Å². The van der Waals surface area contributed by atoms with Gasteiger partial charge in [0.25, 0.3) is 0 Å². The van der Waals surface area contributed by atoms with E-state index in [9.17, 15) is 4.79 Å². The Morgan fingerprint density at radius 1 is 0.848 bits per heavy atom. The minimum atomic E-state index is -0.0459. The molecule has 0 amide bonds. The monoisotopic (exact) mass is 477 g/mol. The number of likely N-dealkylation sites (N-methyl/N-ethyl adjacent to an activating group) is 1. The first-order chi connectivity index (χ1) is 15.5. The molecule has 0 atom stereocenters. The second-order valence-corrected chi connectivity index (χ2v) is 9.50. The number of halogens is 1. The zero-order chi connectivity index (χ0) is 23.3. The summed E-state index contributed by atoms with van der Waals surface area (Å²) in [4.78, 5) is 12.0. The van der Waals surface area contributed by atoms with E-state index in [0.717, 1.165) is 36.8 Å². The van der Waals surface area contributed by atoms with Crippen molar-refractivity contribution in [2.75, 3.05) is 27.2 Å². The molecule has 0 saturated carbocycles. The second-order valence-electron chi connectivity index (χ2n) is 9.50. The van der Waals surface area contributed by atoms with Crippen molar-refractivity contribution in [2.45, 2.75) is 90.5 Å². The van der Waals surface area contributed by atoms with E-state index < -0.39 is 0 Å². The number of nitrogens with zero attached hydrogens (tertiary/aromatic N) is 1. The highest BCUT2D eigenvalue weighted by molar-refractivity contribution is 5.69. The number of esters is 1. The number of allylic oxidation sites excluding steroid dienone is 4. The molecule has 0 saturated heterocycles. The standard InChI is InChI=1S/C29H48NO2.ClH/c1-4-5-6-7-8-9-10-11-12-13-14-15-16-17-21-24-29(31)32-26-25-30(2,3)27-28-22-19-18-20-23-28;/h8-9,11-12,18-20,22-23H,4-7,10,13-17,21,24-27H2,1-3H3;1H/q+1;/p-1/b9-8-,12-11-;. The normalized spacial score (nSPS) is 11.7. The Morgan fingerprint density at radius 3 is 2.12 bits per heavy atom. The van der Waals surface area contributed by atoms with Gasteiger partial charge in [-0.3, -0.25) is 4.79 Å². The van der Waals surface area contributed by atoms with E-state index in [1.807, 2.05) is 6.07 Å². The van der Waals surface area contributed by atoms with E-state index in [1.54, 1.807) is 0 Å². The molecule has 0 aromatic heterocycles. The highest BCUT2D eigenvalue weighted by atomic mass is 35.5. The number of rotatable bonds is 19. The lowest BCUT2D eigenvalue weighted by Gasteiger charge is -2.29. The Bertz CT molecular complexity index is 640. The fourth-order valence-electron chi connectivity index (χ4n) is 3.72. The first-order valence-electron chi connectivity index (χ1n) is 12.8. The molecule has 0 aliphatic rings. The highest BCUT2D eigenvalue weighted by Gasteiger charge is 2.16. The smallest absolute Gasteiger partial charge is 0.305 e. The van der Waals surface area contributed by atoms with Crippen molar-refractivity contribution in [3.63, 3.8) is 0 Å². The van der Waals surface area contributed by atoms with Crippen LogP contribution in [-0.4, -0.2) is 37.7 Å². The van der Waals surface area contributed by atoms with Crippen LogP contribution in [0.25, 0.3) is 0 Å². The number of benzene rings is 1. The molecule has 4 heteroatoms. The average Bonchev–Trinajstić information content (AvgIpc) is 2.76. The van der Waals surface area contributed by atoms with Crippen molar-refractivity contribution in [2.24, 2.45) is 0 Å². The van der Waals surface area contributed by atoms with Crippen molar-refractivity contribution in [3.05, 3.63) is 60.2 Å². The van der Waals surface area contributed by atoms with Gasteiger partial charge in [-0.25, -0.2) is 0 Å². The van der Waals surface area contributed by atoms with Crippen molar-refractivity contribution < 1.29 is 26.4 Å². The predicted molar refractivity (Wildman–Crippen MR) is 137 cm³/mol. The summed E-state index contributed by atoms with van der Waals surface area (Å²) in [7, 11) is 4.36. The lowest BCUT2D eigenvalue weighted by molar-refractivity contribution is -0.903. The molecule has 0 unspecified atom stereocenters. The number of carbonyl (C=O) groups excluding carboxylic acids is 1. The molecular weight excluding hydrogens is 430 g/mol. The van der Waals surface area contributed by atoms with Crippen LogP contribution in [0, 0.1) is 0 Å². The highest BCUT2D eigenvalue weighted by Crippen LogP contribution is 2.10. The van der Waals surface area contributed by atoms with E-state index in [0.29, 0.717) is 13.0 Å². The molecular formula is C29H48ClNO2. The van der Waals surface area contributed by atoms with Gasteiger partial charge in [-0.15, -0.1) is 0 Å². The van der Waals surface area contributed by atoms with Crippen LogP contribution in [0.5, 0.6) is 0 Å². The number of unbranched alkanes of at least 4 members (excludes halogenated alkanes) is 8. The van der Waals surface area contributed by atoms with Crippen LogP contribution in [0.3, 0.4) is 0 Å². The van der Waals surface area contributed by atoms with Gasteiger partial charge in [0.15, 0.2) is 0 Å². The molecule has 0 heterocycles. The largest absolute Gasteiger partial charge is 1.00 e. The van der Waals surface area contributed by atoms with E-state index >= 15 is 0 Å². The van der Waals surface area contributed by atoms with Crippen molar-refractivity contribution in [1.29, 1.82) is 0 Å². The zero-order valence-electron chi connectivity index (χ0n) is 21.4. The molecule has 3 nitrogen and oxygen atoms in total. The molecule has 0 N–H and O–H groups in total. The van der Waals surface area contributed by atoms with Gasteiger partial charge >= 0.3 is 5.97 Å². The quantitative estimate of drug-likeness (QED) is 0.126. The van der Waals surface area contributed by atoms with Gasteiger partial charge in [-0.2, -0.15) is 0 Å². The maximum atomic E-state index is 12.0. The van der Waals surface area contributed by atoms with Crippen LogP contribution in [-0.2, 0) is 16.1 Å². The third kappa shape index (κ3) is 19.6. The van der Waals surface area contributed by atoms with Crippen LogP contribution in [0.2, 0.25) is 0 Å². The molecule has 0 spiro atoms. The summed E-state index contributed by atoms with van der Waals surface area (Å²) in [5, 5.41) is 0. The van der Waals surface area contributed by atoms with Crippen molar-refractivity contribution >= 4 is 5.97 Å². The maximum Gasteiger partial charge on any atom is 0.305 e. The Balaban J connectivity index is 0.0000102.